The molecule has 0 bridgehead atoms. The minimum absolute atomic E-state index is 0.000615. The number of carbonyl (C=O) groups is 1. The summed E-state index contributed by atoms with van der Waals surface area (Å²) in [6, 6.07) is 13.7. The second-order valence-corrected chi connectivity index (χ2v) is 10.9. The number of benzene rings is 2. The molecule has 1 N–H and O–H groups in total. The molecule has 0 unspecified atom stereocenters. The van der Waals surface area contributed by atoms with E-state index in [2.05, 4.69) is 34.0 Å². The number of thiophene rings is 1. The first-order valence-corrected chi connectivity index (χ1v) is 14.0. The maximum absolute atomic E-state index is 13.0. The predicted molar refractivity (Wildman–Crippen MR) is 156 cm³/mol. The van der Waals surface area contributed by atoms with Gasteiger partial charge in [0.1, 0.15) is 29.3 Å². The van der Waals surface area contributed by atoms with Crippen LogP contribution >= 0.6 is 33.9 Å². The van der Waals surface area contributed by atoms with Gasteiger partial charge in [0.15, 0.2) is 11.5 Å². The molecule has 1 amide bonds. The van der Waals surface area contributed by atoms with Crippen LogP contribution in [-0.4, -0.2) is 17.4 Å². The number of ether oxygens (including phenoxy) is 2. The number of nitro benzene ring substituents is 1. The number of nitrogens with zero attached hydrogens (tertiary/aromatic N) is 3. The van der Waals surface area contributed by atoms with E-state index >= 15 is 0 Å². The Kier molecular flexibility index (Phi) is 9.17. The van der Waals surface area contributed by atoms with Gasteiger partial charge in [0.25, 0.3) is 11.6 Å². The molecule has 1 aliphatic carbocycles. The summed E-state index contributed by atoms with van der Waals surface area (Å²) >= 11 is 3.50. The molecule has 0 atom stereocenters. The van der Waals surface area contributed by atoms with Gasteiger partial charge in [0, 0.05) is 17.0 Å². The Bertz CT molecular complexity index is 1530. The van der Waals surface area contributed by atoms with Gasteiger partial charge in [-0.15, -0.1) is 11.3 Å². The summed E-state index contributed by atoms with van der Waals surface area (Å²) in [5.74, 6) is 0.339. The van der Waals surface area contributed by atoms with Gasteiger partial charge < -0.3 is 14.8 Å². The van der Waals surface area contributed by atoms with Crippen molar-refractivity contribution in [1.29, 1.82) is 10.5 Å². The highest BCUT2D eigenvalue weighted by molar-refractivity contribution is 14.1. The van der Waals surface area contributed by atoms with Crippen molar-refractivity contribution < 1.29 is 19.2 Å². The van der Waals surface area contributed by atoms with E-state index in [4.69, 9.17) is 9.47 Å². The number of fused-ring (bicyclic) bond motifs is 1. The number of non-ortho nitro benzene ring substituents is 1. The van der Waals surface area contributed by atoms with Crippen LogP contribution in [-0.2, 0) is 24.2 Å². The van der Waals surface area contributed by atoms with Gasteiger partial charge in [-0.25, -0.2) is 0 Å². The Morgan fingerprint density at radius 3 is 2.62 bits per heavy atom. The lowest BCUT2D eigenvalue weighted by atomic mass is 9.96. The molecule has 3 aromatic rings. The van der Waals surface area contributed by atoms with Crippen LogP contribution < -0.4 is 14.8 Å². The van der Waals surface area contributed by atoms with Crippen LogP contribution in [0.4, 0.5) is 10.7 Å². The van der Waals surface area contributed by atoms with Gasteiger partial charge in [-0.1, -0.05) is 0 Å². The SMILES string of the molecule is CCOc1cc(/C=C(\C#N)C(=O)Nc2sc3c(c2C#N)CCCC3)cc(I)c1OCc1ccc([N+](=O)[O-])cc1. The summed E-state index contributed by atoms with van der Waals surface area (Å²) < 4.78 is 12.5. The molecular weight excluding hydrogens is 631 g/mol. The normalized spacial score (nSPS) is 12.6. The molecule has 198 valence electrons. The van der Waals surface area contributed by atoms with Crippen LogP contribution in [0.1, 0.15) is 46.9 Å². The number of nitro groups is 1. The summed E-state index contributed by atoms with van der Waals surface area (Å²) in [7, 11) is 0. The van der Waals surface area contributed by atoms with Gasteiger partial charge in [0.05, 0.1) is 20.7 Å². The second kappa shape index (κ2) is 12.7. The van der Waals surface area contributed by atoms with Crippen molar-refractivity contribution >= 4 is 56.6 Å². The number of hydrogen-bond donors (Lipinski definition) is 1. The van der Waals surface area contributed by atoms with Crippen molar-refractivity contribution in [3.63, 3.8) is 0 Å². The van der Waals surface area contributed by atoms with E-state index in [1.807, 2.05) is 13.0 Å². The van der Waals surface area contributed by atoms with Gasteiger partial charge in [-0.05, 0) is 102 Å². The van der Waals surface area contributed by atoms with E-state index in [1.165, 1.54) is 29.5 Å². The number of rotatable bonds is 9. The number of aryl methyl sites for hydroxylation is 1. The number of halogens is 1. The second-order valence-electron chi connectivity index (χ2n) is 8.63. The molecule has 9 nitrogen and oxygen atoms in total. The molecule has 0 aliphatic heterocycles. The average Bonchev–Trinajstić information content (AvgIpc) is 3.28. The third kappa shape index (κ3) is 6.56. The lowest BCUT2D eigenvalue weighted by Crippen LogP contribution is -2.13. The first-order valence-electron chi connectivity index (χ1n) is 12.1. The first-order chi connectivity index (χ1) is 18.8. The standard InChI is InChI=1S/C28H23IN4O5S/c1-2-37-24-13-18(12-23(29)26(24)38-16-17-7-9-20(10-8-17)33(35)36)11-19(14-30)27(34)32-28-22(15-31)21-5-3-4-6-25(21)39-28/h7-13H,2-6,16H2,1H3,(H,32,34)/b19-11+. The van der Waals surface area contributed by atoms with E-state index < -0.39 is 10.8 Å². The third-order valence-corrected chi connectivity index (χ3v) is 8.06. The average molecular weight is 654 g/mol. The Morgan fingerprint density at radius 2 is 1.95 bits per heavy atom. The van der Waals surface area contributed by atoms with Gasteiger partial charge in [-0.2, -0.15) is 10.5 Å². The van der Waals surface area contributed by atoms with Crippen molar-refractivity contribution in [2.75, 3.05) is 11.9 Å². The van der Waals surface area contributed by atoms with Crippen LogP contribution in [0.2, 0.25) is 0 Å². The number of nitrogens with one attached hydrogen (secondary N) is 1. The molecule has 0 spiro atoms. The molecule has 11 heteroatoms. The van der Waals surface area contributed by atoms with Crippen LogP contribution in [0.3, 0.4) is 0 Å². The van der Waals surface area contributed by atoms with Gasteiger partial charge in [-0.3, -0.25) is 14.9 Å². The maximum atomic E-state index is 13.0. The van der Waals surface area contributed by atoms with Crippen molar-refractivity contribution in [3.05, 3.63) is 82.8 Å². The summed E-state index contributed by atoms with van der Waals surface area (Å²) in [4.78, 5) is 24.6. The highest BCUT2D eigenvalue weighted by atomic mass is 127. The molecule has 1 heterocycles. The molecule has 0 saturated carbocycles. The molecular formula is C28H23IN4O5S. The predicted octanol–water partition coefficient (Wildman–Crippen LogP) is 6.53. The lowest BCUT2D eigenvalue weighted by Gasteiger charge is -2.15. The fourth-order valence-electron chi connectivity index (χ4n) is 4.20. The van der Waals surface area contributed by atoms with Gasteiger partial charge in [0.2, 0.25) is 0 Å². The van der Waals surface area contributed by atoms with Crippen LogP contribution in [0.25, 0.3) is 6.08 Å². The smallest absolute Gasteiger partial charge is 0.269 e. The third-order valence-electron chi connectivity index (χ3n) is 6.05. The van der Waals surface area contributed by atoms with E-state index in [9.17, 15) is 25.4 Å². The Labute approximate surface area is 243 Å². The number of nitriles is 2. The highest BCUT2D eigenvalue weighted by Crippen LogP contribution is 2.38. The lowest BCUT2D eigenvalue weighted by molar-refractivity contribution is -0.384. The summed E-state index contributed by atoms with van der Waals surface area (Å²) in [5, 5.41) is 33.5. The molecule has 0 radical (unpaired) electrons. The fraction of sp³-hybridized carbons (Fsp3) is 0.250. The number of carbonyl (C=O) groups excluding carboxylic acids is 1. The number of hydrogen-bond acceptors (Lipinski definition) is 8. The summed E-state index contributed by atoms with van der Waals surface area (Å²) in [6.45, 7) is 2.36. The van der Waals surface area contributed by atoms with E-state index in [-0.39, 0.29) is 17.9 Å². The fourth-order valence-corrected chi connectivity index (χ4v) is 6.22. The minimum atomic E-state index is -0.584. The van der Waals surface area contributed by atoms with Crippen LogP contribution in [0.15, 0.2) is 42.0 Å². The van der Waals surface area contributed by atoms with Crippen molar-refractivity contribution in [1.82, 2.24) is 0 Å². The first kappa shape index (κ1) is 28.1. The monoisotopic (exact) mass is 654 g/mol. The minimum Gasteiger partial charge on any atom is -0.490 e. The van der Waals surface area contributed by atoms with Crippen molar-refractivity contribution in [2.45, 2.75) is 39.2 Å². The van der Waals surface area contributed by atoms with E-state index in [1.54, 1.807) is 24.3 Å². The number of anilines is 1. The molecule has 2 aromatic carbocycles. The Morgan fingerprint density at radius 1 is 1.21 bits per heavy atom. The summed E-state index contributed by atoms with van der Waals surface area (Å²) in [6.07, 6.45) is 5.26. The Balaban J connectivity index is 1.55. The number of amides is 1. The molecule has 0 saturated heterocycles. The van der Waals surface area contributed by atoms with E-state index in [0.717, 1.165) is 41.7 Å². The van der Waals surface area contributed by atoms with Crippen LogP contribution in [0.5, 0.6) is 11.5 Å². The quantitative estimate of drug-likeness (QED) is 0.0910. The topological polar surface area (TPSA) is 138 Å². The molecule has 0 fully saturated rings. The highest BCUT2D eigenvalue weighted by Gasteiger charge is 2.23. The van der Waals surface area contributed by atoms with Crippen molar-refractivity contribution in [3.8, 4) is 23.6 Å². The van der Waals surface area contributed by atoms with Gasteiger partial charge >= 0.3 is 0 Å². The molecule has 1 aromatic heterocycles. The molecule has 39 heavy (non-hydrogen) atoms. The summed E-state index contributed by atoms with van der Waals surface area (Å²) in [5.41, 5.74) is 2.71. The van der Waals surface area contributed by atoms with E-state index in [0.29, 0.717) is 37.8 Å². The maximum Gasteiger partial charge on any atom is 0.269 e. The van der Waals surface area contributed by atoms with Crippen molar-refractivity contribution in [2.24, 2.45) is 0 Å². The zero-order valence-corrected chi connectivity index (χ0v) is 23.9. The largest absolute Gasteiger partial charge is 0.490 e. The molecule has 1 aliphatic rings. The Hall–Kier alpha value is -3.94. The zero-order chi connectivity index (χ0) is 27.9. The zero-order valence-electron chi connectivity index (χ0n) is 21.0. The van der Waals surface area contributed by atoms with Crippen LogP contribution in [0, 0.1) is 36.3 Å². The molecule has 4 rings (SSSR count).